The number of methoxy groups -OCH3 is 2. The summed E-state index contributed by atoms with van der Waals surface area (Å²) in [5.41, 5.74) is 6.62. The number of thiazole rings is 1. The number of rotatable bonds is 7. The molecule has 0 unspecified atom stereocenters. The van der Waals surface area contributed by atoms with Gasteiger partial charge in [-0.1, -0.05) is 72.0 Å². The number of nitrogens with zero attached hydrogens (tertiary/aromatic N) is 2. The van der Waals surface area contributed by atoms with Gasteiger partial charge < -0.3 is 14.2 Å². The topological polar surface area (TPSA) is 62.0 Å². The smallest absolute Gasteiger partial charge is 0.271 e. The molecule has 1 aliphatic carbocycles. The molecule has 0 radical (unpaired) electrons. The van der Waals surface area contributed by atoms with E-state index in [2.05, 4.69) is 18.2 Å². The molecule has 1 atom stereocenters. The second-order valence-corrected chi connectivity index (χ2v) is 11.7. The van der Waals surface area contributed by atoms with Crippen LogP contribution < -0.4 is 29.1 Å². The SMILES string of the molecule is COc1ccc([C@@H]2C3=C(N=c4s/c(=C\c5ccc(OCc6ccccc6F)cc5)c(=O)n42)c2ccccc2CC3)cc1OC. The molecule has 0 spiro atoms. The van der Waals surface area contributed by atoms with Gasteiger partial charge in [0.15, 0.2) is 16.3 Å². The van der Waals surface area contributed by atoms with Crippen LogP contribution in [0.1, 0.15) is 40.3 Å². The molecule has 6 nitrogen and oxygen atoms in total. The van der Waals surface area contributed by atoms with Gasteiger partial charge in [-0.05, 0) is 71.5 Å². The van der Waals surface area contributed by atoms with E-state index in [1.165, 1.54) is 23.0 Å². The maximum atomic E-state index is 14.1. The monoisotopic (exact) mass is 604 g/mol. The van der Waals surface area contributed by atoms with Gasteiger partial charge in [-0.3, -0.25) is 9.36 Å². The molecule has 8 heteroatoms. The number of allylic oxidation sites excluding steroid dienone is 1. The lowest BCUT2D eigenvalue weighted by atomic mass is 9.83. The van der Waals surface area contributed by atoms with Gasteiger partial charge in [0, 0.05) is 11.1 Å². The predicted octanol–water partition coefficient (Wildman–Crippen LogP) is 6.05. The number of aromatic nitrogens is 1. The van der Waals surface area contributed by atoms with Crippen LogP contribution in [0.3, 0.4) is 0 Å². The van der Waals surface area contributed by atoms with Crippen molar-refractivity contribution >= 4 is 23.1 Å². The fourth-order valence-electron chi connectivity index (χ4n) is 5.93. The first-order valence-corrected chi connectivity index (χ1v) is 15.2. The Labute approximate surface area is 257 Å². The first kappa shape index (κ1) is 27.9. The highest BCUT2D eigenvalue weighted by molar-refractivity contribution is 7.07. The summed E-state index contributed by atoms with van der Waals surface area (Å²) in [4.78, 5) is 19.8. The Balaban J connectivity index is 1.30. The lowest BCUT2D eigenvalue weighted by molar-refractivity contribution is 0.300. The average Bonchev–Trinajstić information content (AvgIpc) is 3.37. The maximum absolute atomic E-state index is 14.1. The van der Waals surface area contributed by atoms with Crippen LogP contribution in [-0.2, 0) is 13.0 Å². The lowest BCUT2D eigenvalue weighted by Gasteiger charge is -2.31. The molecule has 2 aliphatic rings. The van der Waals surface area contributed by atoms with Gasteiger partial charge in [0.1, 0.15) is 18.2 Å². The Hall–Kier alpha value is -4.95. The first-order valence-electron chi connectivity index (χ1n) is 14.4. The molecular formula is C36H29FN2O4S. The van der Waals surface area contributed by atoms with E-state index in [1.54, 1.807) is 32.4 Å². The van der Waals surface area contributed by atoms with Crippen molar-refractivity contribution < 1.29 is 18.6 Å². The van der Waals surface area contributed by atoms with Crippen LogP contribution in [0.2, 0.25) is 0 Å². The summed E-state index contributed by atoms with van der Waals surface area (Å²) in [5.74, 6) is 1.57. The standard InChI is InChI=1S/C36H29FN2O4S/c1-41-30-18-14-24(20-31(30)42-2)34-28-17-13-23-7-3-5-9-27(23)33(28)38-36-39(34)35(40)32(44-36)19-22-11-15-26(16-12-22)43-21-25-8-4-6-10-29(25)37/h3-12,14-16,18-20,34H,13,17,21H2,1-2H3/b32-19-/t34-/m1/s1. The van der Waals surface area contributed by atoms with Crippen LogP contribution >= 0.6 is 11.3 Å². The summed E-state index contributed by atoms with van der Waals surface area (Å²) in [7, 11) is 3.23. The summed E-state index contributed by atoms with van der Waals surface area (Å²) in [6.45, 7) is 0.133. The molecule has 0 amide bonds. The number of benzene rings is 4. The third kappa shape index (κ3) is 5.01. The third-order valence-corrected chi connectivity index (χ3v) is 9.11. The molecule has 7 rings (SSSR count). The molecule has 4 aromatic carbocycles. The van der Waals surface area contributed by atoms with Gasteiger partial charge >= 0.3 is 0 Å². The molecular weight excluding hydrogens is 575 g/mol. The van der Waals surface area contributed by atoms with Gasteiger partial charge in [-0.2, -0.15) is 0 Å². The van der Waals surface area contributed by atoms with E-state index in [9.17, 15) is 9.18 Å². The lowest BCUT2D eigenvalue weighted by Crippen LogP contribution is -2.38. The second kappa shape index (κ2) is 11.6. The highest BCUT2D eigenvalue weighted by Crippen LogP contribution is 2.42. The van der Waals surface area contributed by atoms with Crippen molar-refractivity contribution in [3.8, 4) is 17.2 Å². The van der Waals surface area contributed by atoms with E-state index in [0.29, 0.717) is 32.1 Å². The zero-order chi connectivity index (χ0) is 30.2. The molecule has 5 aromatic rings. The Bertz CT molecular complexity index is 2100. The summed E-state index contributed by atoms with van der Waals surface area (Å²) in [6.07, 6.45) is 3.56. The predicted molar refractivity (Wildman–Crippen MR) is 169 cm³/mol. The summed E-state index contributed by atoms with van der Waals surface area (Å²) in [5, 5.41) is 0. The molecule has 0 fully saturated rings. The number of aryl methyl sites for hydroxylation is 1. The number of ether oxygens (including phenoxy) is 3. The Morgan fingerprint density at radius 2 is 1.70 bits per heavy atom. The second-order valence-electron chi connectivity index (χ2n) is 10.7. The fraction of sp³-hybridized carbons (Fsp3) is 0.167. The number of fused-ring (bicyclic) bond motifs is 3. The van der Waals surface area contributed by atoms with E-state index >= 15 is 0 Å². The average molecular weight is 605 g/mol. The summed E-state index contributed by atoms with van der Waals surface area (Å²) >= 11 is 1.38. The number of hydrogen-bond donors (Lipinski definition) is 0. The Morgan fingerprint density at radius 1 is 0.932 bits per heavy atom. The Morgan fingerprint density at radius 3 is 2.50 bits per heavy atom. The molecule has 0 N–H and O–H groups in total. The molecule has 0 bridgehead atoms. The normalized spacial score (nSPS) is 15.6. The maximum Gasteiger partial charge on any atom is 0.271 e. The van der Waals surface area contributed by atoms with E-state index in [4.69, 9.17) is 19.2 Å². The minimum absolute atomic E-state index is 0.0983. The molecule has 1 aliphatic heterocycles. The molecule has 1 aromatic heterocycles. The number of hydrogen-bond acceptors (Lipinski definition) is 6. The van der Waals surface area contributed by atoms with Gasteiger partial charge in [-0.15, -0.1) is 0 Å². The minimum Gasteiger partial charge on any atom is -0.493 e. The Kier molecular flexibility index (Phi) is 7.36. The van der Waals surface area contributed by atoms with Crippen molar-refractivity contribution in [2.24, 2.45) is 4.99 Å². The molecule has 44 heavy (non-hydrogen) atoms. The third-order valence-electron chi connectivity index (χ3n) is 8.13. The van der Waals surface area contributed by atoms with Crippen LogP contribution in [-0.4, -0.2) is 18.8 Å². The summed E-state index contributed by atoms with van der Waals surface area (Å²) < 4.78 is 33.3. The number of halogens is 1. The van der Waals surface area contributed by atoms with Gasteiger partial charge in [0.05, 0.1) is 30.5 Å². The van der Waals surface area contributed by atoms with Crippen LogP contribution in [0.5, 0.6) is 17.2 Å². The van der Waals surface area contributed by atoms with Crippen molar-refractivity contribution in [2.45, 2.75) is 25.5 Å². The molecule has 0 saturated carbocycles. The first-order chi connectivity index (χ1) is 21.5. The van der Waals surface area contributed by atoms with Crippen molar-refractivity contribution in [3.05, 3.63) is 150 Å². The van der Waals surface area contributed by atoms with E-state index in [1.807, 2.05) is 59.2 Å². The van der Waals surface area contributed by atoms with Crippen molar-refractivity contribution in [1.82, 2.24) is 4.57 Å². The van der Waals surface area contributed by atoms with Gasteiger partial charge in [-0.25, -0.2) is 9.38 Å². The minimum atomic E-state index is -0.328. The van der Waals surface area contributed by atoms with E-state index in [0.717, 1.165) is 40.8 Å². The van der Waals surface area contributed by atoms with E-state index in [-0.39, 0.29) is 24.0 Å². The zero-order valence-electron chi connectivity index (χ0n) is 24.2. The van der Waals surface area contributed by atoms with Crippen LogP contribution in [0, 0.1) is 5.82 Å². The van der Waals surface area contributed by atoms with Crippen LogP contribution in [0.15, 0.2) is 106 Å². The van der Waals surface area contributed by atoms with Crippen molar-refractivity contribution in [1.29, 1.82) is 0 Å². The van der Waals surface area contributed by atoms with Crippen LogP contribution in [0.4, 0.5) is 4.39 Å². The molecule has 0 saturated heterocycles. The van der Waals surface area contributed by atoms with Crippen molar-refractivity contribution in [2.75, 3.05) is 14.2 Å². The largest absolute Gasteiger partial charge is 0.493 e. The van der Waals surface area contributed by atoms with Crippen LogP contribution in [0.25, 0.3) is 11.8 Å². The van der Waals surface area contributed by atoms with Gasteiger partial charge in [0.2, 0.25) is 0 Å². The molecule has 2 heterocycles. The highest BCUT2D eigenvalue weighted by atomic mass is 32.1. The molecule has 220 valence electrons. The van der Waals surface area contributed by atoms with Crippen molar-refractivity contribution in [3.63, 3.8) is 0 Å². The highest BCUT2D eigenvalue weighted by Gasteiger charge is 2.33. The van der Waals surface area contributed by atoms with Gasteiger partial charge in [0.25, 0.3) is 5.56 Å². The van der Waals surface area contributed by atoms with E-state index < -0.39 is 0 Å². The quantitative estimate of drug-likeness (QED) is 0.227. The zero-order valence-corrected chi connectivity index (χ0v) is 25.1. The summed E-state index contributed by atoms with van der Waals surface area (Å²) in [6, 6.07) is 27.9. The fourth-order valence-corrected chi connectivity index (χ4v) is 6.93.